The zero-order valence-corrected chi connectivity index (χ0v) is 15.6. The number of nitrogens with zero attached hydrogens (tertiary/aromatic N) is 3. The molecule has 1 aromatic heterocycles. The molecule has 0 spiro atoms. The molecule has 1 saturated heterocycles. The van der Waals surface area contributed by atoms with E-state index < -0.39 is 5.60 Å². The lowest BCUT2D eigenvalue weighted by Gasteiger charge is -2.25. The fraction of sp³-hybridized carbons (Fsp3) is 0.722. The highest BCUT2D eigenvalue weighted by Gasteiger charge is 2.46. The van der Waals surface area contributed by atoms with Crippen LogP contribution >= 0.6 is 0 Å². The quantitative estimate of drug-likeness (QED) is 0.767. The molecule has 0 radical (unpaired) electrons. The van der Waals surface area contributed by atoms with E-state index in [0.29, 0.717) is 24.6 Å². The molecule has 2 fully saturated rings. The molecule has 0 aromatic carbocycles. The second-order valence-electron chi connectivity index (χ2n) is 8.10. The standard InChI is InChI=1S/C18H27N3O4/c1-11-13(8-19-20(11)5)16(22)24-15-7-6-12-9-21(10-14(12)15)17(23)25-18(2,3)4/h8,12,14-15H,6-7,9-10H2,1-5H3/t12-,14-,15+/m0/s1. The third-order valence-electron chi connectivity index (χ3n) is 5.16. The van der Waals surface area contributed by atoms with Gasteiger partial charge in [-0.2, -0.15) is 5.10 Å². The molecule has 0 N–H and O–H groups in total. The third-order valence-corrected chi connectivity index (χ3v) is 5.16. The van der Waals surface area contributed by atoms with E-state index in [9.17, 15) is 9.59 Å². The Hall–Kier alpha value is -2.05. The van der Waals surface area contributed by atoms with Gasteiger partial charge in [0.1, 0.15) is 17.3 Å². The minimum atomic E-state index is -0.502. The molecule has 0 unspecified atom stereocenters. The first kappa shape index (κ1) is 17.8. The van der Waals surface area contributed by atoms with Crippen LogP contribution in [0.2, 0.25) is 0 Å². The highest BCUT2D eigenvalue weighted by Crippen LogP contribution is 2.40. The maximum Gasteiger partial charge on any atom is 0.410 e. The number of esters is 1. The number of likely N-dealkylation sites (tertiary alicyclic amines) is 1. The highest BCUT2D eigenvalue weighted by atomic mass is 16.6. The second kappa shape index (κ2) is 6.35. The molecule has 1 aromatic rings. The molecule has 7 nitrogen and oxygen atoms in total. The molecule has 138 valence electrons. The number of rotatable bonds is 2. The van der Waals surface area contributed by atoms with Gasteiger partial charge >= 0.3 is 12.1 Å². The molecule has 25 heavy (non-hydrogen) atoms. The number of carbonyl (C=O) groups excluding carboxylic acids is 2. The molecular weight excluding hydrogens is 322 g/mol. The summed E-state index contributed by atoms with van der Waals surface area (Å²) in [6.07, 6.45) is 2.93. The van der Waals surface area contributed by atoms with Gasteiger partial charge in [0.15, 0.2) is 0 Å². The van der Waals surface area contributed by atoms with Crippen molar-refractivity contribution in [2.75, 3.05) is 13.1 Å². The number of aryl methyl sites for hydroxylation is 1. The van der Waals surface area contributed by atoms with Crippen LogP contribution in [0.3, 0.4) is 0 Å². The van der Waals surface area contributed by atoms with Gasteiger partial charge in [-0.1, -0.05) is 0 Å². The highest BCUT2D eigenvalue weighted by molar-refractivity contribution is 5.90. The molecule has 2 aliphatic rings. The summed E-state index contributed by atoms with van der Waals surface area (Å²) in [5.74, 6) is 0.237. The van der Waals surface area contributed by atoms with Gasteiger partial charge in [-0.05, 0) is 46.5 Å². The first-order valence-electron chi connectivity index (χ1n) is 8.83. The van der Waals surface area contributed by atoms with Crippen LogP contribution < -0.4 is 0 Å². The Labute approximate surface area is 148 Å². The Morgan fingerprint density at radius 1 is 1.24 bits per heavy atom. The van der Waals surface area contributed by atoms with Crippen LogP contribution in [-0.4, -0.2) is 51.5 Å². The summed E-state index contributed by atoms with van der Waals surface area (Å²) in [4.78, 5) is 26.5. The minimum absolute atomic E-state index is 0.149. The lowest BCUT2D eigenvalue weighted by Crippen LogP contribution is -2.37. The van der Waals surface area contributed by atoms with Gasteiger partial charge in [0.2, 0.25) is 0 Å². The Morgan fingerprint density at radius 3 is 2.56 bits per heavy atom. The van der Waals surface area contributed by atoms with Crippen LogP contribution in [0.15, 0.2) is 6.20 Å². The molecule has 1 saturated carbocycles. The fourth-order valence-corrected chi connectivity index (χ4v) is 3.74. The number of hydrogen-bond acceptors (Lipinski definition) is 5. The number of ether oxygens (including phenoxy) is 2. The first-order valence-corrected chi connectivity index (χ1v) is 8.83. The molecule has 1 aliphatic heterocycles. The first-order chi connectivity index (χ1) is 11.7. The van der Waals surface area contributed by atoms with E-state index in [2.05, 4.69) is 5.10 Å². The predicted octanol–water partition coefficient (Wildman–Crippen LogP) is 2.53. The van der Waals surface area contributed by atoms with Gasteiger partial charge < -0.3 is 14.4 Å². The molecular formula is C18H27N3O4. The lowest BCUT2D eigenvalue weighted by atomic mass is 9.99. The molecule has 3 atom stereocenters. The summed E-state index contributed by atoms with van der Waals surface area (Å²) in [6, 6.07) is 0. The Morgan fingerprint density at radius 2 is 1.96 bits per heavy atom. The monoisotopic (exact) mass is 349 g/mol. The van der Waals surface area contributed by atoms with Crippen molar-refractivity contribution < 1.29 is 19.1 Å². The average Bonchev–Trinajstić information content (AvgIpc) is 3.15. The largest absolute Gasteiger partial charge is 0.458 e. The van der Waals surface area contributed by atoms with Gasteiger partial charge in [0.05, 0.1) is 6.20 Å². The van der Waals surface area contributed by atoms with Crippen molar-refractivity contribution in [2.45, 2.75) is 52.2 Å². The second-order valence-corrected chi connectivity index (χ2v) is 8.10. The topological polar surface area (TPSA) is 73.7 Å². The summed E-state index contributed by atoms with van der Waals surface area (Å²) in [7, 11) is 1.80. The summed E-state index contributed by atoms with van der Waals surface area (Å²) >= 11 is 0. The van der Waals surface area contributed by atoms with Gasteiger partial charge in [-0.15, -0.1) is 0 Å². The van der Waals surface area contributed by atoms with Crippen LogP contribution in [0.5, 0.6) is 0 Å². The maximum absolute atomic E-state index is 12.4. The predicted molar refractivity (Wildman–Crippen MR) is 91.2 cm³/mol. The normalized spacial score (nSPS) is 25.8. The third kappa shape index (κ3) is 3.65. The van der Waals surface area contributed by atoms with Crippen molar-refractivity contribution in [1.29, 1.82) is 0 Å². The zero-order valence-electron chi connectivity index (χ0n) is 15.6. The zero-order chi connectivity index (χ0) is 18.4. The molecule has 1 amide bonds. The van der Waals surface area contributed by atoms with E-state index in [1.807, 2.05) is 27.7 Å². The minimum Gasteiger partial charge on any atom is -0.458 e. The van der Waals surface area contributed by atoms with Crippen LogP contribution in [0.25, 0.3) is 0 Å². The van der Waals surface area contributed by atoms with Crippen LogP contribution in [0.4, 0.5) is 4.79 Å². The van der Waals surface area contributed by atoms with E-state index in [1.54, 1.807) is 22.8 Å². The molecule has 1 aliphatic carbocycles. The van der Waals surface area contributed by atoms with Crippen LogP contribution in [-0.2, 0) is 16.5 Å². The molecule has 2 heterocycles. The smallest absolute Gasteiger partial charge is 0.410 e. The number of hydrogen-bond donors (Lipinski definition) is 0. The lowest BCUT2D eigenvalue weighted by molar-refractivity contribution is 0.0153. The van der Waals surface area contributed by atoms with Crippen LogP contribution in [0, 0.1) is 18.8 Å². The van der Waals surface area contributed by atoms with Crippen molar-refractivity contribution in [2.24, 2.45) is 18.9 Å². The molecule has 0 bridgehead atoms. The number of carbonyl (C=O) groups is 2. The van der Waals surface area contributed by atoms with Gasteiger partial charge in [-0.25, -0.2) is 9.59 Å². The van der Waals surface area contributed by atoms with Crippen molar-refractivity contribution >= 4 is 12.1 Å². The summed E-state index contributed by atoms with van der Waals surface area (Å²) in [6.45, 7) is 8.71. The van der Waals surface area contributed by atoms with E-state index in [-0.39, 0.29) is 24.1 Å². The number of fused-ring (bicyclic) bond motifs is 1. The van der Waals surface area contributed by atoms with Gasteiger partial charge in [-0.3, -0.25) is 4.68 Å². The maximum atomic E-state index is 12.4. The number of aromatic nitrogens is 2. The fourth-order valence-electron chi connectivity index (χ4n) is 3.74. The molecule has 3 rings (SSSR count). The Balaban J connectivity index is 1.61. The molecule has 7 heteroatoms. The number of amides is 1. The van der Waals surface area contributed by atoms with E-state index in [0.717, 1.165) is 18.5 Å². The summed E-state index contributed by atoms with van der Waals surface area (Å²) < 4.78 is 12.9. The van der Waals surface area contributed by atoms with Crippen molar-refractivity contribution in [3.05, 3.63) is 17.5 Å². The van der Waals surface area contributed by atoms with Gasteiger partial charge in [0, 0.05) is 31.7 Å². The van der Waals surface area contributed by atoms with Crippen LogP contribution in [0.1, 0.15) is 49.7 Å². The Kier molecular flexibility index (Phi) is 4.51. The van der Waals surface area contributed by atoms with Crippen molar-refractivity contribution in [1.82, 2.24) is 14.7 Å². The van der Waals surface area contributed by atoms with Crippen molar-refractivity contribution in [3.63, 3.8) is 0 Å². The Bertz CT molecular complexity index is 676. The van der Waals surface area contributed by atoms with E-state index in [4.69, 9.17) is 9.47 Å². The summed E-state index contributed by atoms with van der Waals surface area (Å²) in [5, 5.41) is 4.09. The summed E-state index contributed by atoms with van der Waals surface area (Å²) in [5.41, 5.74) is 0.799. The van der Waals surface area contributed by atoms with E-state index in [1.165, 1.54) is 0 Å². The SMILES string of the molecule is Cc1c(C(=O)O[C@@H]2CC[C@H]3CN(C(=O)OC(C)(C)C)C[C@@H]32)cnn1C. The average molecular weight is 349 g/mol. The van der Waals surface area contributed by atoms with E-state index >= 15 is 0 Å². The van der Waals surface area contributed by atoms with Crippen molar-refractivity contribution in [3.8, 4) is 0 Å². The van der Waals surface area contributed by atoms with Gasteiger partial charge in [0.25, 0.3) is 0 Å².